The molecular formula is C22H21F2N5O2S. The summed E-state index contributed by atoms with van der Waals surface area (Å²) in [6.45, 7) is -2.32. The van der Waals surface area contributed by atoms with E-state index in [4.69, 9.17) is 0 Å². The predicted molar refractivity (Wildman–Crippen MR) is 113 cm³/mol. The molecule has 2 unspecified atom stereocenters. The van der Waals surface area contributed by atoms with Crippen LogP contribution in [0.25, 0.3) is 0 Å². The molecule has 2 heterocycles. The highest BCUT2D eigenvalue weighted by atomic mass is 32.2. The molecule has 1 saturated carbocycles. The number of nitrogens with zero attached hydrogens (tertiary/aromatic N) is 4. The van der Waals surface area contributed by atoms with Crippen LogP contribution in [-0.2, 0) is 10.0 Å². The molecular weight excluding hydrogens is 436 g/mol. The highest BCUT2D eigenvalue weighted by Gasteiger charge is 2.45. The molecule has 1 aromatic carbocycles. The van der Waals surface area contributed by atoms with Gasteiger partial charge in [0.25, 0.3) is 0 Å². The Morgan fingerprint density at radius 3 is 2.47 bits per heavy atom. The average molecular weight is 458 g/mol. The summed E-state index contributed by atoms with van der Waals surface area (Å²) in [4.78, 5) is 6.26. The van der Waals surface area contributed by atoms with Crippen LogP contribution >= 0.6 is 0 Å². The minimum absolute atomic E-state index is 0.202. The maximum Gasteiger partial charge on any atom is 0.242 e. The van der Waals surface area contributed by atoms with Crippen LogP contribution in [0.3, 0.4) is 0 Å². The Hall–Kier alpha value is -3.08. The van der Waals surface area contributed by atoms with Crippen molar-refractivity contribution < 1.29 is 17.2 Å². The molecule has 0 amide bonds. The number of benzene rings is 1. The molecule has 2 atom stereocenters. The van der Waals surface area contributed by atoms with E-state index in [1.165, 1.54) is 12.1 Å². The number of hydrogen-bond acceptors (Lipinski definition) is 6. The number of nitriles is 2. The van der Waals surface area contributed by atoms with Gasteiger partial charge < -0.3 is 4.90 Å². The van der Waals surface area contributed by atoms with Crippen molar-refractivity contribution >= 4 is 15.7 Å². The summed E-state index contributed by atoms with van der Waals surface area (Å²) >= 11 is 0. The SMILES string of the molecule is N#Cc1ccc2c(c1)N(C1CCC1)C(c1ccc(S(=O)(=O)NC(CF)CF)cn1)C2C#N. The number of halogens is 2. The zero-order chi connectivity index (χ0) is 22.9. The van der Waals surface area contributed by atoms with Gasteiger partial charge in [0.15, 0.2) is 0 Å². The highest BCUT2D eigenvalue weighted by Crippen LogP contribution is 2.52. The maximum absolute atomic E-state index is 12.8. The molecule has 0 bridgehead atoms. The predicted octanol–water partition coefficient (Wildman–Crippen LogP) is 3.26. The highest BCUT2D eigenvalue weighted by molar-refractivity contribution is 7.89. The topological polar surface area (TPSA) is 110 Å². The fourth-order valence-electron chi connectivity index (χ4n) is 4.24. The van der Waals surface area contributed by atoms with E-state index in [2.05, 4.69) is 22.0 Å². The smallest absolute Gasteiger partial charge is 0.242 e. The number of fused-ring (bicyclic) bond motifs is 1. The van der Waals surface area contributed by atoms with Gasteiger partial charge in [-0.25, -0.2) is 21.9 Å². The van der Waals surface area contributed by atoms with Crippen molar-refractivity contribution in [3.63, 3.8) is 0 Å². The van der Waals surface area contributed by atoms with Crippen molar-refractivity contribution in [2.75, 3.05) is 18.2 Å². The summed E-state index contributed by atoms with van der Waals surface area (Å²) in [5.41, 5.74) is 2.67. The molecule has 7 nitrogen and oxygen atoms in total. The zero-order valence-electron chi connectivity index (χ0n) is 17.1. The van der Waals surface area contributed by atoms with Gasteiger partial charge in [0.2, 0.25) is 10.0 Å². The summed E-state index contributed by atoms with van der Waals surface area (Å²) in [5.74, 6) is -0.533. The van der Waals surface area contributed by atoms with Gasteiger partial charge in [-0.2, -0.15) is 10.5 Å². The van der Waals surface area contributed by atoms with Crippen LogP contribution in [-0.4, -0.2) is 38.8 Å². The van der Waals surface area contributed by atoms with Crippen molar-refractivity contribution in [3.8, 4) is 12.1 Å². The van der Waals surface area contributed by atoms with Crippen molar-refractivity contribution in [1.29, 1.82) is 10.5 Å². The quantitative estimate of drug-likeness (QED) is 0.683. The van der Waals surface area contributed by atoms with Crippen molar-refractivity contribution in [2.45, 2.75) is 48.2 Å². The number of pyridine rings is 1. The van der Waals surface area contributed by atoms with Crippen LogP contribution in [0.1, 0.15) is 48.0 Å². The molecule has 1 aliphatic carbocycles. The summed E-state index contributed by atoms with van der Waals surface area (Å²) < 4.78 is 52.3. The second kappa shape index (κ2) is 8.81. The monoisotopic (exact) mass is 457 g/mol. The first-order chi connectivity index (χ1) is 15.4. The maximum atomic E-state index is 12.8. The first-order valence-corrected chi connectivity index (χ1v) is 11.7. The van der Waals surface area contributed by atoms with Gasteiger partial charge in [-0.05, 0) is 49.1 Å². The Labute approximate surface area is 185 Å². The third kappa shape index (κ3) is 3.81. The lowest BCUT2D eigenvalue weighted by molar-refractivity contribution is 0.334. The first kappa shape index (κ1) is 22.1. The molecule has 32 heavy (non-hydrogen) atoms. The lowest BCUT2D eigenvalue weighted by Crippen LogP contribution is -2.41. The number of rotatable bonds is 7. The number of aromatic nitrogens is 1. The Morgan fingerprint density at radius 2 is 1.94 bits per heavy atom. The van der Waals surface area contributed by atoms with Gasteiger partial charge in [-0.1, -0.05) is 6.07 Å². The fourth-order valence-corrected chi connectivity index (χ4v) is 5.38. The molecule has 1 fully saturated rings. The van der Waals surface area contributed by atoms with E-state index in [0.29, 0.717) is 11.3 Å². The largest absolute Gasteiger partial charge is 0.358 e. The summed E-state index contributed by atoms with van der Waals surface area (Å²) in [6.07, 6.45) is 4.12. The van der Waals surface area contributed by atoms with Crippen LogP contribution in [0.15, 0.2) is 41.4 Å². The molecule has 1 N–H and O–H groups in total. The Bertz CT molecular complexity index is 1180. The third-order valence-electron chi connectivity index (χ3n) is 6.06. The van der Waals surface area contributed by atoms with E-state index in [1.807, 2.05) is 4.72 Å². The van der Waals surface area contributed by atoms with Gasteiger partial charge in [-0.15, -0.1) is 0 Å². The minimum Gasteiger partial charge on any atom is -0.358 e. The number of hydrogen-bond donors (Lipinski definition) is 1. The van der Waals surface area contributed by atoms with Crippen LogP contribution in [0.4, 0.5) is 14.5 Å². The average Bonchev–Trinajstić information content (AvgIpc) is 3.09. The van der Waals surface area contributed by atoms with Crippen LogP contribution in [0.2, 0.25) is 0 Å². The molecule has 1 aromatic heterocycles. The molecule has 2 aliphatic rings. The molecule has 2 aromatic rings. The molecule has 166 valence electrons. The minimum atomic E-state index is -4.14. The van der Waals surface area contributed by atoms with E-state index in [1.54, 1.807) is 18.2 Å². The molecule has 0 saturated heterocycles. The van der Waals surface area contributed by atoms with Crippen LogP contribution in [0.5, 0.6) is 0 Å². The van der Waals surface area contributed by atoms with Gasteiger partial charge in [-0.3, -0.25) is 4.98 Å². The lowest BCUT2D eigenvalue weighted by atomic mass is 9.88. The molecule has 0 radical (unpaired) electrons. The molecule has 0 spiro atoms. The Morgan fingerprint density at radius 1 is 1.19 bits per heavy atom. The molecule has 4 rings (SSSR count). The van der Waals surface area contributed by atoms with Gasteiger partial charge >= 0.3 is 0 Å². The number of alkyl halides is 2. The van der Waals surface area contributed by atoms with Crippen LogP contribution in [0, 0.1) is 22.7 Å². The second-order valence-corrected chi connectivity index (χ2v) is 9.69. The van der Waals surface area contributed by atoms with Crippen molar-refractivity contribution in [1.82, 2.24) is 9.71 Å². The fraction of sp³-hybridized carbons (Fsp3) is 0.409. The van der Waals surface area contributed by atoms with Gasteiger partial charge in [0.05, 0.1) is 41.4 Å². The number of sulfonamides is 1. The van der Waals surface area contributed by atoms with E-state index in [-0.39, 0.29) is 10.9 Å². The summed E-state index contributed by atoms with van der Waals surface area (Å²) in [7, 11) is -4.14. The van der Waals surface area contributed by atoms with Crippen LogP contribution < -0.4 is 9.62 Å². The number of nitrogens with one attached hydrogen (secondary N) is 1. The van der Waals surface area contributed by atoms with Crippen molar-refractivity contribution in [2.24, 2.45) is 0 Å². The third-order valence-corrected chi connectivity index (χ3v) is 7.57. The van der Waals surface area contributed by atoms with Gasteiger partial charge in [0, 0.05) is 17.9 Å². The Balaban J connectivity index is 1.70. The van der Waals surface area contributed by atoms with E-state index < -0.39 is 41.4 Å². The summed E-state index contributed by atoms with van der Waals surface area (Å²) in [6, 6.07) is 10.9. The first-order valence-electron chi connectivity index (χ1n) is 10.3. The Kier molecular flexibility index (Phi) is 6.09. The lowest BCUT2D eigenvalue weighted by Gasteiger charge is -2.41. The molecule has 10 heteroatoms. The molecule has 1 aliphatic heterocycles. The van der Waals surface area contributed by atoms with Gasteiger partial charge in [0.1, 0.15) is 18.2 Å². The second-order valence-electron chi connectivity index (χ2n) is 7.97. The zero-order valence-corrected chi connectivity index (χ0v) is 17.9. The van der Waals surface area contributed by atoms with E-state index in [0.717, 1.165) is 36.7 Å². The number of anilines is 1. The van der Waals surface area contributed by atoms with E-state index >= 15 is 0 Å². The normalized spacial score (nSPS) is 20.5. The van der Waals surface area contributed by atoms with Crippen molar-refractivity contribution in [3.05, 3.63) is 53.3 Å². The summed E-state index contributed by atoms with van der Waals surface area (Å²) in [5, 5.41) is 19.3. The standard InChI is InChI=1S/C22H21F2N5O2S/c23-9-15(10-24)28-32(30,31)17-5-7-20(27-13-17)22-19(12-26)18-6-4-14(11-25)8-21(18)29(22)16-2-1-3-16/h4-8,13,15-16,19,22,28H,1-3,9-10H2. The van der Waals surface area contributed by atoms with E-state index in [9.17, 15) is 27.7 Å².